The average Bonchev–Trinajstić information content (AvgIpc) is 2.61. The molecule has 2 fully saturated rings. The lowest BCUT2D eigenvalue weighted by atomic mass is 9.96. The van der Waals surface area contributed by atoms with Crippen LogP contribution in [0.25, 0.3) is 0 Å². The largest absolute Gasteiger partial charge is 0.368 e. The third kappa shape index (κ3) is 3.83. The van der Waals surface area contributed by atoms with Gasteiger partial charge in [-0.2, -0.15) is 0 Å². The number of hydrogen-bond acceptors (Lipinski definition) is 3. The number of piperazine rings is 1. The molecule has 130 valence electrons. The SMILES string of the molecule is CC(=O)N1CCC[C@@H](C(=O)N2CCN(c3cccc(Cl)c3)CC2)C1. The van der Waals surface area contributed by atoms with E-state index in [4.69, 9.17) is 11.6 Å². The molecule has 1 aromatic carbocycles. The van der Waals surface area contributed by atoms with Gasteiger partial charge in [-0.1, -0.05) is 17.7 Å². The van der Waals surface area contributed by atoms with E-state index in [1.165, 1.54) is 0 Å². The van der Waals surface area contributed by atoms with Crippen LogP contribution in [-0.4, -0.2) is 60.9 Å². The maximum Gasteiger partial charge on any atom is 0.227 e. The first-order chi connectivity index (χ1) is 11.5. The number of benzene rings is 1. The van der Waals surface area contributed by atoms with Crippen molar-refractivity contribution in [3.63, 3.8) is 0 Å². The molecule has 0 spiro atoms. The number of nitrogens with zero attached hydrogens (tertiary/aromatic N) is 3. The Morgan fingerprint density at radius 2 is 1.83 bits per heavy atom. The standard InChI is InChI=1S/C18H24ClN3O2/c1-14(23)22-7-3-4-15(13-22)18(24)21-10-8-20(9-11-21)17-6-2-5-16(19)12-17/h2,5-6,12,15H,3-4,7-11,13H2,1H3/t15-/m1/s1. The molecule has 1 aromatic rings. The van der Waals surface area contributed by atoms with Crippen molar-refractivity contribution in [1.82, 2.24) is 9.80 Å². The molecule has 2 aliphatic heterocycles. The molecule has 3 rings (SSSR count). The highest BCUT2D eigenvalue weighted by molar-refractivity contribution is 6.30. The number of hydrogen-bond donors (Lipinski definition) is 0. The molecule has 0 unspecified atom stereocenters. The Morgan fingerprint density at radius 1 is 1.08 bits per heavy atom. The van der Waals surface area contributed by atoms with Gasteiger partial charge in [0.15, 0.2) is 0 Å². The van der Waals surface area contributed by atoms with Crippen molar-refractivity contribution in [3.05, 3.63) is 29.3 Å². The molecule has 0 aliphatic carbocycles. The smallest absolute Gasteiger partial charge is 0.227 e. The Labute approximate surface area is 148 Å². The van der Waals surface area contributed by atoms with Crippen molar-refractivity contribution in [3.8, 4) is 0 Å². The summed E-state index contributed by atoms with van der Waals surface area (Å²) < 4.78 is 0. The van der Waals surface area contributed by atoms with Gasteiger partial charge in [0.2, 0.25) is 11.8 Å². The Balaban J connectivity index is 1.56. The van der Waals surface area contributed by atoms with Crippen molar-refractivity contribution in [2.75, 3.05) is 44.2 Å². The quantitative estimate of drug-likeness (QED) is 0.822. The van der Waals surface area contributed by atoms with Crippen LogP contribution in [0.2, 0.25) is 5.02 Å². The highest BCUT2D eigenvalue weighted by atomic mass is 35.5. The second-order valence-electron chi connectivity index (χ2n) is 6.60. The molecule has 0 aromatic heterocycles. The summed E-state index contributed by atoms with van der Waals surface area (Å²) in [5.41, 5.74) is 1.11. The van der Waals surface area contributed by atoms with Gasteiger partial charge in [-0.3, -0.25) is 9.59 Å². The second-order valence-corrected chi connectivity index (χ2v) is 7.03. The van der Waals surface area contributed by atoms with E-state index < -0.39 is 0 Å². The fourth-order valence-electron chi connectivity index (χ4n) is 3.58. The van der Waals surface area contributed by atoms with Gasteiger partial charge in [0.05, 0.1) is 5.92 Å². The molecule has 6 heteroatoms. The summed E-state index contributed by atoms with van der Waals surface area (Å²) in [6.07, 6.45) is 1.80. The number of halogens is 1. The lowest BCUT2D eigenvalue weighted by molar-refractivity contribution is -0.140. The first-order valence-corrected chi connectivity index (χ1v) is 8.97. The second kappa shape index (κ2) is 7.43. The van der Waals surface area contributed by atoms with Gasteiger partial charge in [-0.15, -0.1) is 0 Å². The van der Waals surface area contributed by atoms with Crippen LogP contribution in [0.4, 0.5) is 5.69 Å². The molecule has 0 bridgehead atoms. The number of carbonyl (C=O) groups is 2. The molecule has 2 amide bonds. The molecular formula is C18H24ClN3O2. The summed E-state index contributed by atoms with van der Waals surface area (Å²) in [5, 5.41) is 0.734. The maximum absolute atomic E-state index is 12.8. The fraction of sp³-hybridized carbons (Fsp3) is 0.556. The van der Waals surface area contributed by atoms with Crippen LogP contribution in [0.5, 0.6) is 0 Å². The van der Waals surface area contributed by atoms with E-state index >= 15 is 0 Å². The monoisotopic (exact) mass is 349 g/mol. The number of piperidine rings is 1. The van der Waals surface area contributed by atoms with E-state index in [1.807, 2.05) is 23.1 Å². The highest BCUT2D eigenvalue weighted by Gasteiger charge is 2.31. The first-order valence-electron chi connectivity index (χ1n) is 8.59. The number of amides is 2. The van der Waals surface area contributed by atoms with Gasteiger partial charge in [-0.05, 0) is 31.0 Å². The molecule has 1 atom stereocenters. The average molecular weight is 350 g/mol. The summed E-state index contributed by atoms with van der Waals surface area (Å²) in [5.74, 6) is 0.227. The van der Waals surface area contributed by atoms with Gasteiger partial charge < -0.3 is 14.7 Å². The van der Waals surface area contributed by atoms with E-state index in [-0.39, 0.29) is 17.7 Å². The normalized spacial score (nSPS) is 21.8. The molecule has 0 saturated carbocycles. The number of likely N-dealkylation sites (tertiary alicyclic amines) is 1. The minimum atomic E-state index is -0.0413. The van der Waals surface area contributed by atoms with Crippen molar-refractivity contribution < 1.29 is 9.59 Å². The summed E-state index contributed by atoms with van der Waals surface area (Å²) in [4.78, 5) is 30.3. The van der Waals surface area contributed by atoms with Gasteiger partial charge in [0.1, 0.15) is 0 Å². The van der Waals surface area contributed by atoms with E-state index in [0.717, 1.165) is 56.3 Å². The zero-order chi connectivity index (χ0) is 17.1. The van der Waals surface area contributed by atoms with Gasteiger partial charge in [0, 0.05) is 56.9 Å². The molecular weight excluding hydrogens is 326 g/mol. The van der Waals surface area contributed by atoms with Crippen LogP contribution in [0.1, 0.15) is 19.8 Å². The summed E-state index contributed by atoms with van der Waals surface area (Å²) in [6, 6.07) is 7.84. The molecule has 5 nitrogen and oxygen atoms in total. The van der Waals surface area contributed by atoms with Crippen LogP contribution in [0, 0.1) is 5.92 Å². The molecule has 2 heterocycles. The summed E-state index contributed by atoms with van der Waals surface area (Å²) >= 11 is 6.06. The maximum atomic E-state index is 12.8. The first kappa shape index (κ1) is 17.1. The van der Waals surface area contributed by atoms with E-state index in [1.54, 1.807) is 11.8 Å². The fourth-order valence-corrected chi connectivity index (χ4v) is 3.77. The van der Waals surface area contributed by atoms with Crippen LogP contribution < -0.4 is 4.90 Å². The predicted octanol–water partition coefficient (Wildman–Crippen LogP) is 2.25. The van der Waals surface area contributed by atoms with Crippen LogP contribution in [-0.2, 0) is 9.59 Å². The zero-order valence-corrected chi connectivity index (χ0v) is 14.8. The highest BCUT2D eigenvalue weighted by Crippen LogP contribution is 2.23. The van der Waals surface area contributed by atoms with E-state index in [0.29, 0.717) is 6.54 Å². The van der Waals surface area contributed by atoms with Crippen molar-refractivity contribution in [2.24, 2.45) is 5.92 Å². The lowest BCUT2D eigenvalue weighted by Gasteiger charge is -2.39. The van der Waals surface area contributed by atoms with Crippen LogP contribution in [0.3, 0.4) is 0 Å². The Morgan fingerprint density at radius 3 is 2.50 bits per heavy atom. The van der Waals surface area contributed by atoms with E-state index in [2.05, 4.69) is 11.0 Å². The van der Waals surface area contributed by atoms with Crippen molar-refractivity contribution in [1.29, 1.82) is 0 Å². The van der Waals surface area contributed by atoms with Crippen molar-refractivity contribution in [2.45, 2.75) is 19.8 Å². The lowest BCUT2D eigenvalue weighted by Crippen LogP contribution is -2.53. The molecule has 0 N–H and O–H groups in total. The molecule has 0 radical (unpaired) electrons. The minimum absolute atomic E-state index is 0.0413. The number of rotatable bonds is 2. The number of carbonyl (C=O) groups excluding carboxylic acids is 2. The molecule has 2 aliphatic rings. The number of anilines is 1. The Hall–Kier alpha value is -1.75. The molecule has 2 saturated heterocycles. The summed E-state index contributed by atoms with van der Waals surface area (Å²) in [7, 11) is 0. The minimum Gasteiger partial charge on any atom is -0.368 e. The van der Waals surface area contributed by atoms with Gasteiger partial charge >= 0.3 is 0 Å². The summed E-state index contributed by atoms with van der Waals surface area (Å²) in [6.45, 7) is 6.01. The van der Waals surface area contributed by atoms with Crippen LogP contribution >= 0.6 is 11.6 Å². The topological polar surface area (TPSA) is 43.9 Å². The Kier molecular flexibility index (Phi) is 5.29. The third-order valence-corrected chi connectivity index (χ3v) is 5.22. The zero-order valence-electron chi connectivity index (χ0n) is 14.1. The predicted molar refractivity (Wildman–Crippen MR) is 95.2 cm³/mol. The van der Waals surface area contributed by atoms with Crippen molar-refractivity contribution >= 4 is 29.1 Å². The Bertz CT molecular complexity index is 614. The molecule has 24 heavy (non-hydrogen) atoms. The van der Waals surface area contributed by atoms with Gasteiger partial charge in [-0.25, -0.2) is 0 Å². The van der Waals surface area contributed by atoms with Gasteiger partial charge in [0.25, 0.3) is 0 Å². The van der Waals surface area contributed by atoms with E-state index in [9.17, 15) is 9.59 Å². The third-order valence-electron chi connectivity index (χ3n) is 4.98. The van der Waals surface area contributed by atoms with Crippen LogP contribution in [0.15, 0.2) is 24.3 Å².